The van der Waals surface area contributed by atoms with Crippen LogP contribution in [-0.4, -0.2) is 0 Å². The van der Waals surface area contributed by atoms with E-state index in [2.05, 4.69) is 6.58 Å². The average Bonchev–Trinajstić information content (AvgIpc) is 2.03. The molecule has 0 radical (unpaired) electrons. The highest BCUT2D eigenvalue weighted by Crippen LogP contribution is 2.24. The van der Waals surface area contributed by atoms with Crippen molar-refractivity contribution >= 4 is 46.4 Å². The van der Waals surface area contributed by atoms with Crippen molar-refractivity contribution in [3.63, 3.8) is 0 Å². The molecule has 0 bridgehead atoms. The zero-order chi connectivity index (χ0) is 9.56. The highest BCUT2D eigenvalue weighted by molar-refractivity contribution is 6.60. The molecule has 0 aromatic rings. The third-order valence-electron chi connectivity index (χ3n) is 0.929. The van der Waals surface area contributed by atoms with Crippen LogP contribution < -0.4 is 0 Å². The maximum Gasteiger partial charge on any atom is 0.126 e. The van der Waals surface area contributed by atoms with Crippen LogP contribution in [0, 0.1) is 0 Å². The van der Waals surface area contributed by atoms with E-state index in [0.29, 0.717) is 5.57 Å². The quantitative estimate of drug-likeness (QED) is 0.629. The molecular formula is C8H6Cl4. The van der Waals surface area contributed by atoms with Gasteiger partial charge in [0.25, 0.3) is 0 Å². The third kappa shape index (κ3) is 4.89. The Kier molecular flexibility index (Phi) is 6.68. The van der Waals surface area contributed by atoms with Crippen molar-refractivity contribution in [1.82, 2.24) is 0 Å². The topological polar surface area (TPSA) is 0 Å². The van der Waals surface area contributed by atoms with E-state index >= 15 is 0 Å². The summed E-state index contributed by atoms with van der Waals surface area (Å²) in [6, 6.07) is 0. The first kappa shape index (κ1) is 12.1. The Morgan fingerprint density at radius 1 is 1.08 bits per heavy atom. The monoisotopic (exact) mass is 242 g/mol. The fourth-order valence-electron chi connectivity index (χ4n) is 0.408. The molecule has 0 unspecified atom stereocenters. The van der Waals surface area contributed by atoms with E-state index in [9.17, 15) is 0 Å². The fraction of sp³-hybridized carbons (Fsp3) is 0. The Bertz CT molecular complexity index is 244. The summed E-state index contributed by atoms with van der Waals surface area (Å²) >= 11 is 21.7. The Hall–Kier alpha value is 0.120. The first-order valence-corrected chi connectivity index (χ1v) is 4.50. The van der Waals surface area contributed by atoms with Crippen LogP contribution in [0.4, 0.5) is 0 Å². The first-order valence-electron chi connectivity index (χ1n) is 2.93. The second kappa shape index (κ2) is 6.62. The van der Waals surface area contributed by atoms with Gasteiger partial charge in [-0.15, -0.1) is 0 Å². The smallest absolute Gasteiger partial charge is 0.0930 e. The summed E-state index contributed by atoms with van der Waals surface area (Å²) in [6.07, 6.45) is 4.94. The zero-order valence-corrected chi connectivity index (χ0v) is 9.05. The summed E-state index contributed by atoms with van der Waals surface area (Å²) < 4.78 is 0.00108. The molecule has 0 saturated carbocycles. The number of hydrogen-bond donors (Lipinski definition) is 0. The second-order valence-corrected chi connectivity index (χ2v) is 3.36. The molecule has 0 saturated heterocycles. The van der Waals surface area contributed by atoms with E-state index in [1.54, 1.807) is 18.2 Å². The van der Waals surface area contributed by atoms with E-state index in [-0.39, 0.29) is 9.52 Å². The van der Waals surface area contributed by atoms with Crippen molar-refractivity contribution in [2.24, 2.45) is 0 Å². The summed E-state index contributed by atoms with van der Waals surface area (Å²) in [6.45, 7) is 3.63. The summed E-state index contributed by atoms with van der Waals surface area (Å²) in [4.78, 5) is 0. The van der Waals surface area contributed by atoms with Gasteiger partial charge in [0.05, 0.1) is 5.03 Å². The number of hydrogen-bond acceptors (Lipinski definition) is 0. The highest BCUT2D eigenvalue weighted by Gasteiger charge is 1.99. The van der Waals surface area contributed by atoms with Crippen molar-refractivity contribution in [2.75, 3.05) is 0 Å². The van der Waals surface area contributed by atoms with Crippen molar-refractivity contribution in [1.29, 1.82) is 0 Å². The molecule has 0 rings (SSSR count). The van der Waals surface area contributed by atoms with Crippen molar-refractivity contribution < 1.29 is 0 Å². The van der Waals surface area contributed by atoms with Crippen LogP contribution in [0.3, 0.4) is 0 Å². The summed E-state index contributed by atoms with van der Waals surface area (Å²) in [5, 5.41) is 0.234. The van der Waals surface area contributed by atoms with Crippen LogP contribution in [-0.2, 0) is 0 Å². The second-order valence-electron chi connectivity index (χ2n) is 1.78. The standard InChI is InChI=1S/C8H6Cl4/c1-6(4-2-3-5-9)7(10)8(11)12/h2-5H,1H2. The lowest BCUT2D eigenvalue weighted by Crippen LogP contribution is -1.74. The molecule has 0 aromatic carbocycles. The van der Waals surface area contributed by atoms with E-state index in [1.165, 1.54) is 5.54 Å². The maximum atomic E-state index is 5.65. The molecule has 0 aliphatic carbocycles. The minimum absolute atomic E-state index is 0.00108. The molecule has 0 aliphatic rings. The van der Waals surface area contributed by atoms with E-state index in [1.807, 2.05) is 0 Å². The molecule has 0 aromatic heterocycles. The van der Waals surface area contributed by atoms with Crippen LogP contribution in [0.2, 0.25) is 0 Å². The molecule has 0 atom stereocenters. The Morgan fingerprint density at radius 2 is 1.67 bits per heavy atom. The van der Waals surface area contributed by atoms with Gasteiger partial charge in [-0.05, 0) is 5.57 Å². The first-order chi connectivity index (χ1) is 5.59. The molecule has 12 heavy (non-hydrogen) atoms. The van der Waals surface area contributed by atoms with Gasteiger partial charge >= 0.3 is 0 Å². The lowest BCUT2D eigenvalue weighted by molar-refractivity contribution is 1.69. The van der Waals surface area contributed by atoms with E-state index < -0.39 is 0 Å². The van der Waals surface area contributed by atoms with Crippen LogP contribution in [0.15, 0.2) is 45.4 Å². The molecule has 0 heterocycles. The van der Waals surface area contributed by atoms with Gasteiger partial charge in [0.15, 0.2) is 0 Å². The normalized spacial score (nSPS) is 11.0. The highest BCUT2D eigenvalue weighted by atomic mass is 35.5. The van der Waals surface area contributed by atoms with Crippen molar-refractivity contribution in [2.45, 2.75) is 0 Å². The summed E-state index contributed by atoms with van der Waals surface area (Å²) in [5.74, 6) is 0. The van der Waals surface area contributed by atoms with Gasteiger partial charge in [0, 0.05) is 5.54 Å². The fourth-order valence-corrected chi connectivity index (χ4v) is 0.798. The zero-order valence-electron chi connectivity index (χ0n) is 6.03. The minimum atomic E-state index is 0.00108. The van der Waals surface area contributed by atoms with E-state index in [4.69, 9.17) is 46.4 Å². The molecule has 0 nitrogen and oxygen atoms in total. The van der Waals surface area contributed by atoms with Crippen LogP contribution in [0.25, 0.3) is 0 Å². The maximum absolute atomic E-state index is 5.65. The Labute approximate surface area is 91.7 Å². The number of halogens is 4. The van der Waals surface area contributed by atoms with Crippen LogP contribution in [0.1, 0.15) is 0 Å². The lowest BCUT2D eigenvalue weighted by Gasteiger charge is -1.95. The van der Waals surface area contributed by atoms with Gasteiger partial charge in [-0.1, -0.05) is 71.2 Å². The van der Waals surface area contributed by atoms with Gasteiger partial charge in [0.1, 0.15) is 4.49 Å². The SMILES string of the molecule is C=C(C=CC=CCl)C(Cl)=C(Cl)Cl. The average molecular weight is 244 g/mol. The summed E-state index contributed by atoms with van der Waals surface area (Å²) in [7, 11) is 0. The van der Waals surface area contributed by atoms with E-state index in [0.717, 1.165) is 0 Å². The van der Waals surface area contributed by atoms with Gasteiger partial charge in [0.2, 0.25) is 0 Å². The van der Waals surface area contributed by atoms with Gasteiger partial charge in [-0.2, -0.15) is 0 Å². The van der Waals surface area contributed by atoms with Crippen molar-refractivity contribution in [3.8, 4) is 0 Å². The predicted molar refractivity (Wildman–Crippen MR) is 57.9 cm³/mol. The molecule has 66 valence electrons. The lowest BCUT2D eigenvalue weighted by atomic mass is 10.3. The van der Waals surface area contributed by atoms with Gasteiger partial charge < -0.3 is 0 Å². The molecule has 0 aliphatic heterocycles. The minimum Gasteiger partial charge on any atom is -0.0930 e. The van der Waals surface area contributed by atoms with Crippen LogP contribution in [0.5, 0.6) is 0 Å². The molecule has 0 spiro atoms. The van der Waals surface area contributed by atoms with Crippen LogP contribution >= 0.6 is 46.4 Å². The van der Waals surface area contributed by atoms with Gasteiger partial charge in [-0.3, -0.25) is 0 Å². The predicted octanol–water partition coefficient (Wildman–Crippen LogP) is 4.74. The molecule has 0 N–H and O–H groups in total. The number of allylic oxidation sites excluding steroid dienone is 5. The van der Waals surface area contributed by atoms with Crippen molar-refractivity contribution in [3.05, 3.63) is 45.4 Å². The molecule has 4 heteroatoms. The molecular weight excluding hydrogens is 238 g/mol. The summed E-state index contributed by atoms with van der Waals surface area (Å²) in [5.41, 5.74) is 1.90. The third-order valence-corrected chi connectivity index (χ3v) is 2.08. The Balaban J connectivity index is 4.34. The number of rotatable bonds is 3. The van der Waals surface area contributed by atoms with Gasteiger partial charge in [-0.25, -0.2) is 0 Å². The molecule has 0 fully saturated rings. The largest absolute Gasteiger partial charge is 0.126 e. The Morgan fingerprint density at radius 3 is 2.08 bits per heavy atom. The molecule has 0 amide bonds.